The van der Waals surface area contributed by atoms with Crippen LogP contribution in [0.4, 0.5) is 5.69 Å². The van der Waals surface area contributed by atoms with Crippen molar-refractivity contribution in [1.82, 2.24) is 0 Å². The molecule has 35 heavy (non-hydrogen) atoms. The number of hydrogen-bond acceptors (Lipinski definition) is 6. The fraction of sp³-hybridized carbons (Fsp3) is 0.111. The number of carbonyl (C=O) groups excluding carboxylic acids is 3. The molecule has 0 bridgehead atoms. The highest BCUT2D eigenvalue weighted by Gasteiger charge is 2.29. The molecule has 8 heteroatoms. The Labute approximate surface area is 206 Å². The Hall–Kier alpha value is -4.41. The third-order valence-corrected chi connectivity index (χ3v) is 5.68. The van der Waals surface area contributed by atoms with Crippen LogP contribution in [0.2, 0.25) is 5.02 Å². The van der Waals surface area contributed by atoms with Crippen molar-refractivity contribution < 1.29 is 23.9 Å². The Morgan fingerprint density at radius 2 is 1.69 bits per heavy atom. The zero-order valence-electron chi connectivity index (χ0n) is 18.8. The summed E-state index contributed by atoms with van der Waals surface area (Å²) in [6.07, 6.45) is 1.36. The van der Waals surface area contributed by atoms with Crippen molar-refractivity contribution in [2.75, 3.05) is 19.0 Å². The second-order valence-electron chi connectivity index (χ2n) is 7.56. The Bertz CT molecular complexity index is 1450. The number of nitrogens with one attached hydrogen (secondary N) is 1. The predicted molar refractivity (Wildman–Crippen MR) is 131 cm³/mol. The van der Waals surface area contributed by atoms with E-state index in [4.69, 9.17) is 21.1 Å². The Balaban J connectivity index is 1.62. The SMILES string of the molecule is CCOc1c(Cl)cc(C=C(C#N)C(=O)Nc2ccc3c(c2)C(=O)c2ccccc2C3=O)cc1OC. The van der Waals surface area contributed by atoms with E-state index in [-0.39, 0.29) is 39.0 Å². The quantitative estimate of drug-likeness (QED) is 0.301. The summed E-state index contributed by atoms with van der Waals surface area (Å²) >= 11 is 6.28. The van der Waals surface area contributed by atoms with Gasteiger partial charge in [0.1, 0.15) is 11.6 Å². The molecule has 3 aromatic rings. The topological polar surface area (TPSA) is 105 Å². The van der Waals surface area contributed by atoms with Crippen LogP contribution in [0, 0.1) is 11.3 Å². The molecule has 1 N–H and O–H groups in total. The van der Waals surface area contributed by atoms with E-state index in [0.29, 0.717) is 34.8 Å². The summed E-state index contributed by atoms with van der Waals surface area (Å²) in [5.41, 5.74) is 1.66. The van der Waals surface area contributed by atoms with Gasteiger partial charge in [-0.15, -0.1) is 0 Å². The molecule has 0 saturated heterocycles. The van der Waals surface area contributed by atoms with Gasteiger partial charge in [-0.05, 0) is 48.9 Å². The highest BCUT2D eigenvalue weighted by Crippen LogP contribution is 2.37. The van der Waals surface area contributed by atoms with Crippen LogP contribution >= 0.6 is 11.6 Å². The molecule has 0 unspecified atom stereocenters. The van der Waals surface area contributed by atoms with Gasteiger partial charge in [-0.2, -0.15) is 5.26 Å². The van der Waals surface area contributed by atoms with Crippen molar-refractivity contribution in [3.8, 4) is 17.6 Å². The van der Waals surface area contributed by atoms with E-state index < -0.39 is 5.91 Å². The first kappa shape index (κ1) is 23.7. The number of fused-ring (bicyclic) bond motifs is 2. The number of amides is 1. The van der Waals surface area contributed by atoms with Crippen LogP contribution in [0.3, 0.4) is 0 Å². The zero-order valence-corrected chi connectivity index (χ0v) is 19.6. The normalized spacial score (nSPS) is 12.3. The summed E-state index contributed by atoms with van der Waals surface area (Å²) in [6.45, 7) is 2.20. The van der Waals surface area contributed by atoms with Gasteiger partial charge in [-0.3, -0.25) is 14.4 Å². The highest BCUT2D eigenvalue weighted by molar-refractivity contribution is 6.32. The van der Waals surface area contributed by atoms with E-state index >= 15 is 0 Å². The standard InChI is InChI=1S/C27H19ClN2O5/c1-3-35-26-22(28)11-15(12-23(26)34-2)10-16(14-29)27(33)30-17-8-9-20-21(13-17)25(32)19-7-5-4-6-18(19)24(20)31/h4-13H,3H2,1-2H3,(H,30,33). The molecule has 0 aromatic heterocycles. The third kappa shape index (κ3) is 4.52. The summed E-state index contributed by atoms with van der Waals surface area (Å²) in [6, 6.07) is 16.1. The molecular formula is C27H19ClN2O5. The van der Waals surface area contributed by atoms with Crippen molar-refractivity contribution in [2.24, 2.45) is 0 Å². The summed E-state index contributed by atoms with van der Waals surface area (Å²) in [5, 5.41) is 12.5. The van der Waals surface area contributed by atoms with Gasteiger partial charge in [0.05, 0.1) is 18.7 Å². The summed E-state index contributed by atoms with van der Waals surface area (Å²) in [7, 11) is 1.46. The summed E-state index contributed by atoms with van der Waals surface area (Å²) in [5.74, 6) is -0.523. The third-order valence-electron chi connectivity index (χ3n) is 5.40. The van der Waals surface area contributed by atoms with Gasteiger partial charge in [-0.25, -0.2) is 0 Å². The predicted octanol–water partition coefficient (Wildman–Crippen LogP) is 5.07. The van der Waals surface area contributed by atoms with Crippen molar-refractivity contribution >= 4 is 40.8 Å². The van der Waals surface area contributed by atoms with E-state index in [2.05, 4.69) is 5.32 Å². The highest BCUT2D eigenvalue weighted by atomic mass is 35.5. The molecule has 0 atom stereocenters. The van der Waals surface area contributed by atoms with Gasteiger partial charge in [0.25, 0.3) is 5.91 Å². The molecule has 0 heterocycles. The van der Waals surface area contributed by atoms with Crippen LogP contribution < -0.4 is 14.8 Å². The fourth-order valence-electron chi connectivity index (χ4n) is 3.80. The van der Waals surface area contributed by atoms with Crippen molar-refractivity contribution in [2.45, 2.75) is 6.92 Å². The lowest BCUT2D eigenvalue weighted by Crippen LogP contribution is -2.21. The van der Waals surface area contributed by atoms with Crippen molar-refractivity contribution in [3.05, 3.63) is 93.0 Å². The molecule has 0 radical (unpaired) electrons. The molecule has 0 fully saturated rings. The molecule has 0 saturated carbocycles. The van der Waals surface area contributed by atoms with Gasteiger partial charge in [-0.1, -0.05) is 35.9 Å². The number of ether oxygens (including phenoxy) is 2. The van der Waals surface area contributed by atoms with E-state index in [1.165, 1.54) is 31.4 Å². The number of carbonyl (C=O) groups is 3. The van der Waals surface area contributed by atoms with E-state index in [1.807, 2.05) is 13.0 Å². The number of nitrogens with zero attached hydrogens (tertiary/aromatic N) is 1. The Kier molecular flexibility index (Phi) is 6.67. The maximum Gasteiger partial charge on any atom is 0.266 e. The second-order valence-corrected chi connectivity index (χ2v) is 7.96. The molecule has 174 valence electrons. The molecular weight excluding hydrogens is 468 g/mol. The molecule has 0 aliphatic heterocycles. The van der Waals surface area contributed by atoms with E-state index in [1.54, 1.807) is 36.4 Å². The maximum atomic E-state index is 12.9. The van der Waals surface area contributed by atoms with Gasteiger partial charge in [0, 0.05) is 27.9 Å². The minimum absolute atomic E-state index is 0.192. The van der Waals surface area contributed by atoms with Crippen molar-refractivity contribution in [3.63, 3.8) is 0 Å². The number of hydrogen-bond donors (Lipinski definition) is 1. The lowest BCUT2D eigenvalue weighted by Gasteiger charge is -2.18. The minimum Gasteiger partial charge on any atom is -0.493 e. The van der Waals surface area contributed by atoms with Crippen LogP contribution in [-0.2, 0) is 4.79 Å². The lowest BCUT2D eigenvalue weighted by molar-refractivity contribution is -0.112. The average Bonchev–Trinajstić information content (AvgIpc) is 2.87. The van der Waals surface area contributed by atoms with Crippen LogP contribution in [0.15, 0.2) is 60.2 Å². The monoisotopic (exact) mass is 486 g/mol. The number of anilines is 1. The first-order valence-electron chi connectivity index (χ1n) is 10.6. The number of rotatable bonds is 6. The zero-order chi connectivity index (χ0) is 25.1. The second kappa shape index (κ2) is 9.84. The van der Waals surface area contributed by atoms with Crippen LogP contribution in [0.5, 0.6) is 11.5 Å². The number of halogens is 1. The van der Waals surface area contributed by atoms with Gasteiger partial charge >= 0.3 is 0 Å². The average molecular weight is 487 g/mol. The summed E-state index contributed by atoms with van der Waals surface area (Å²) < 4.78 is 10.8. The van der Waals surface area contributed by atoms with E-state index in [9.17, 15) is 19.6 Å². The Morgan fingerprint density at radius 1 is 1.03 bits per heavy atom. The summed E-state index contributed by atoms with van der Waals surface area (Å²) in [4.78, 5) is 38.5. The van der Waals surface area contributed by atoms with Crippen LogP contribution in [-0.4, -0.2) is 31.2 Å². The van der Waals surface area contributed by atoms with Gasteiger partial charge in [0.15, 0.2) is 23.1 Å². The number of methoxy groups -OCH3 is 1. The number of ketones is 2. The minimum atomic E-state index is -0.689. The fourth-order valence-corrected chi connectivity index (χ4v) is 4.07. The van der Waals surface area contributed by atoms with Crippen LogP contribution in [0.25, 0.3) is 6.08 Å². The smallest absolute Gasteiger partial charge is 0.266 e. The Morgan fingerprint density at radius 3 is 2.31 bits per heavy atom. The first-order valence-corrected chi connectivity index (χ1v) is 11.0. The molecule has 4 rings (SSSR count). The molecule has 1 aliphatic carbocycles. The van der Waals surface area contributed by atoms with Gasteiger partial charge < -0.3 is 14.8 Å². The number of benzene rings is 3. The molecule has 1 amide bonds. The molecule has 1 aliphatic rings. The largest absolute Gasteiger partial charge is 0.493 e. The van der Waals surface area contributed by atoms with Crippen LogP contribution in [0.1, 0.15) is 44.3 Å². The lowest BCUT2D eigenvalue weighted by atomic mass is 9.84. The molecule has 3 aromatic carbocycles. The first-order chi connectivity index (χ1) is 16.9. The van der Waals surface area contributed by atoms with Crippen molar-refractivity contribution in [1.29, 1.82) is 5.26 Å². The van der Waals surface area contributed by atoms with Gasteiger partial charge in [0.2, 0.25) is 0 Å². The van der Waals surface area contributed by atoms with E-state index in [0.717, 1.165) is 0 Å². The maximum absolute atomic E-state index is 12.9. The number of nitriles is 1. The molecule has 7 nitrogen and oxygen atoms in total. The molecule has 0 spiro atoms.